The molecule has 1 aromatic carbocycles. The van der Waals surface area contributed by atoms with Crippen molar-refractivity contribution < 1.29 is 4.52 Å². The summed E-state index contributed by atoms with van der Waals surface area (Å²) in [6.45, 7) is 6.26. The molecule has 1 heterocycles. The van der Waals surface area contributed by atoms with E-state index in [1.165, 1.54) is 0 Å². The van der Waals surface area contributed by atoms with E-state index in [1.807, 2.05) is 18.2 Å². The molecule has 1 aromatic heterocycles. The van der Waals surface area contributed by atoms with Crippen LogP contribution in [-0.4, -0.2) is 10.1 Å². The lowest BCUT2D eigenvalue weighted by Gasteiger charge is -2.20. The zero-order chi connectivity index (χ0) is 13.9. The van der Waals surface area contributed by atoms with Crippen molar-refractivity contribution in [2.45, 2.75) is 45.1 Å². The Bertz CT molecular complexity index is 519. The van der Waals surface area contributed by atoms with Gasteiger partial charge >= 0.3 is 0 Å². The molecule has 102 valence electrons. The summed E-state index contributed by atoms with van der Waals surface area (Å²) in [7, 11) is 0. The quantitative estimate of drug-likeness (QED) is 0.895. The Labute approximate surface area is 114 Å². The predicted octanol–water partition coefficient (Wildman–Crippen LogP) is 3.20. The van der Waals surface area contributed by atoms with Crippen molar-refractivity contribution >= 4 is 0 Å². The van der Waals surface area contributed by atoms with Crippen LogP contribution in [0.3, 0.4) is 0 Å². The van der Waals surface area contributed by atoms with Gasteiger partial charge in [-0.2, -0.15) is 4.98 Å². The van der Waals surface area contributed by atoms with Crippen LogP contribution in [0.15, 0.2) is 34.9 Å². The van der Waals surface area contributed by atoms with E-state index >= 15 is 0 Å². The summed E-state index contributed by atoms with van der Waals surface area (Å²) in [4.78, 5) is 4.47. The molecule has 1 atom stereocenters. The van der Waals surface area contributed by atoms with E-state index in [4.69, 9.17) is 10.3 Å². The zero-order valence-electron chi connectivity index (χ0n) is 11.8. The lowest BCUT2D eigenvalue weighted by Crippen LogP contribution is -2.21. The van der Waals surface area contributed by atoms with Gasteiger partial charge in [0, 0.05) is 0 Å². The van der Waals surface area contributed by atoms with E-state index in [9.17, 15) is 0 Å². The molecule has 0 aliphatic carbocycles. The molecule has 0 spiro atoms. The van der Waals surface area contributed by atoms with Crippen LogP contribution >= 0.6 is 0 Å². The summed E-state index contributed by atoms with van der Waals surface area (Å²) in [5, 5.41) is 4.10. The lowest BCUT2D eigenvalue weighted by atomic mass is 9.84. The Kier molecular flexibility index (Phi) is 4.00. The summed E-state index contributed by atoms with van der Waals surface area (Å²) < 4.78 is 5.30. The maximum atomic E-state index is 6.00. The summed E-state index contributed by atoms with van der Waals surface area (Å²) >= 11 is 0. The molecule has 0 aliphatic heterocycles. The van der Waals surface area contributed by atoms with E-state index in [1.54, 1.807) is 0 Å². The molecule has 1 unspecified atom stereocenters. The molecule has 4 heteroatoms. The fourth-order valence-corrected chi connectivity index (χ4v) is 2.06. The Morgan fingerprint density at radius 2 is 1.95 bits per heavy atom. The van der Waals surface area contributed by atoms with Gasteiger partial charge in [-0.25, -0.2) is 0 Å². The first-order valence-electron chi connectivity index (χ1n) is 6.71. The van der Waals surface area contributed by atoms with Gasteiger partial charge in [0.05, 0.1) is 11.5 Å². The molecule has 0 amide bonds. The van der Waals surface area contributed by atoms with Crippen molar-refractivity contribution in [2.24, 2.45) is 5.73 Å². The molecular formula is C15H21N3O. The first kappa shape index (κ1) is 13.7. The minimum atomic E-state index is -0.283. The molecule has 0 fully saturated rings. The fraction of sp³-hybridized carbons (Fsp3) is 0.467. The highest BCUT2D eigenvalue weighted by molar-refractivity contribution is 5.30. The van der Waals surface area contributed by atoms with Crippen LogP contribution < -0.4 is 5.73 Å². The van der Waals surface area contributed by atoms with Gasteiger partial charge in [0.2, 0.25) is 5.89 Å². The molecule has 2 rings (SSSR count). The Morgan fingerprint density at radius 3 is 2.58 bits per heavy atom. The number of aromatic nitrogens is 2. The standard InChI is InChI=1S/C15H21N3O/c1-4-8-12(16)13-17-14(18-19-13)15(2,3)11-9-6-5-7-10-11/h5-7,9-10,12H,4,8,16H2,1-3H3. The van der Waals surface area contributed by atoms with E-state index in [0.29, 0.717) is 11.7 Å². The highest BCUT2D eigenvalue weighted by Gasteiger charge is 2.29. The third-order valence-corrected chi connectivity index (χ3v) is 3.41. The lowest BCUT2D eigenvalue weighted by molar-refractivity contribution is 0.340. The van der Waals surface area contributed by atoms with Gasteiger partial charge in [-0.05, 0) is 25.8 Å². The molecule has 0 saturated carbocycles. The van der Waals surface area contributed by atoms with Crippen molar-refractivity contribution in [3.63, 3.8) is 0 Å². The van der Waals surface area contributed by atoms with Gasteiger partial charge < -0.3 is 10.3 Å². The third kappa shape index (κ3) is 2.84. The van der Waals surface area contributed by atoms with E-state index in [2.05, 4.69) is 43.0 Å². The molecule has 0 saturated heterocycles. The molecule has 4 nitrogen and oxygen atoms in total. The highest BCUT2D eigenvalue weighted by Crippen LogP contribution is 2.29. The summed E-state index contributed by atoms with van der Waals surface area (Å²) in [5.41, 5.74) is 6.88. The average molecular weight is 259 g/mol. The molecule has 19 heavy (non-hydrogen) atoms. The number of hydrogen-bond acceptors (Lipinski definition) is 4. The van der Waals surface area contributed by atoms with Crippen molar-refractivity contribution in [3.05, 3.63) is 47.6 Å². The zero-order valence-corrected chi connectivity index (χ0v) is 11.8. The van der Waals surface area contributed by atoms with Crippen molar-refractivity contribution in [2.75, 3.05) is 0 Å². The predicted molar refractivity (Wildman–Crippen MR) is 74.7 cm³/mol. The van der Waals surface area contributed by atoms with Crippen LogP contribution in [0.1, 0.15) is 56.9 Å². The fourth-order valence-electron chi connectivity index (χ4n) is 2.06. The number of rotatable bonds is 5. The van der Waals surface area contributed by atoms with Gasteiger partial charge in [-0.15, -0.1) is 0 Å². The van der Waals surface area contributed by atoms with Crippen LogP contribution in [0.5, 0.6) is 0 Å². The van der Waals surface area contributed by atoms with Crippen molar-refractivity contribution in [1.82, 2.24) is 10.1 Å². The van der Waals surface area contributed by atoms with Gasteiger partial charge in [0.15, 0.2) is 5.82 Å². The number of nitrogens with two attached hydrogens (primary N) is 1. The maximum Gasteiger partial charge on any atom is 0.243 e. The second kappa shape index (κ2) is 5.53. The van der Waals surface area contributed by atoms with Crippen LogP contribution in [0, 0.1) is 0 Å². The smallest absolute Gasteiger partial charge is 0.243 e. The summed E-state index contributed by atoms with van der Waals surface area (Å²) in [5.74, 6) is 1.21. The minimum Gasteiger partial charge on any atom is -0.338 e. The Balaban J connectivity index is 2.27. The molecule has 2 N–H and O–H groups in total. The van der Waals surface area contributed by atoms with Crippen molar-refractivity contribution in [3.8, 4) is 0 Å². The van der Waals surface area contributed by atoms with Crippen LogP contribution in [0.4, 0.5) is 0 Å². The molecular weight excluding hydrogens is 238 g/mol. The van der Waals surface area contributed by atoms with Gasteiger partial charge in [0.1, 0.15) is 0 Å². The van der Waals surface area contributed by atoms with Crippen molar-refractivity contribution in [1.29, 1.82) is 0 Å². The molecule has 0 radical (unpaired) electrons. The monoisotopic (exact) mass is 259 g/mol. The van der Waals surface area contributed by atoms with Gasteiger partial charge in [-0.1, -0.05) is 48.8 Å². The topological polar surface area (TPSA) is 64.9 Å². The summed E-state index contributed by atoms with van der Waals surface area (Å²) in [6, 6.07) is 10.0. The SMILES string of the molecule is CCCC(N)c1nc(C(C)(C)c2ccccc2)no1. The first-order valence-corrected chi connectivity index (χ1v) is 6.71. The second-order valence-electron chi connectivity index (χ2n) is 5.34. The molecule has 2 aromatic rings. The molecule has 0 bridgehead atoms. The normalized spacial score (nSPS) is 13.5. The van der Waals surface area contributed by atoms with Gasteiger partial charge in [0.25, 0.3) is 0 Å². The summed E-state index contributed by atoms with van der Waals surface area (Å²) in [6.07, 6.45) is 1.86. The second-order valence-corrected chi connectivity index (χ2v) is 5.34. The molecule has 0 aliphatic rings. The van der Waals surface area contributed by atoms with Crippen LogP contribution in [-0.2, 0) is 5.41 Å². The average Bonchev–Trinajstić information content (AvgIpc) is 2.90. The minimum absolute atomic E-state index is 0.169. The van der Waals surface area contributed by atoms with Crippen LogP contribution in [0.25, 0.3) is 0 Å². The van der Waals surface area contributed by atoms with E-state index in [-0.39, 0.29) is 11.5 Å². The third-order valence-electron chi connectivity index (χ3n) is 3.41. The van der Waals surface area contributed by atoms with E-state index in [0.717, 1.165) is 18.4 Å². The Morgan fingerprint density at radius 1 is 1.26 bits per heavy atom. The number of hydrogen-bond donors (Lipinski definition) is 1. The number of nitrogens with zero attached hydrogens (tertiary/aromatic N) is 2. The Hall–Kier alpha value is -1.68. The van der Waals surface area contributed by atoms with Gasteiger partial charge in [-0.3, -0.25) is 0 Å². The largest absolute Gasteiger partial charge is 0.338 e. The maximum absolute atomic E-state index is 6.00. The van der Waals surface area contributed by atoms with Crippen LogP contribution in [0.2, 0.25) is 0 Å². The first-order chi connectivity index (χ1) is 9.05. The number of benzene rings is 1. The van der Waals surface area contributed by atoms with E-state index < -0.39 is 0 Å². The highest BCUT2D eigenvalue weighted by atomic mass is 16.5.